The maximum atomic E-state index is 13.4. The van der Waals surface area contributed by atoms with Crippen molar-refractivity contribution >= 4 is 21.4 Å². The zero-order valence-corrected chi connectivity index (χ0v) is 8.19. The molecule has 0 amide bonds. The van der Waals surface area contributed by atoms with E-state index in [1.807, 2.05) is 6.07 Å². The van der Waals surface area contributed by atoms with E-state index in [4.69, 9.17) is 10.00 Å². The fourth-order valence-electron chi connectivity index (χ4n) is 1.33. The second-order valence-electron chi connectivity index (χ2n) is 2.69. The smallest absolute Gasteiger partial charge is 0.192 e. The largest absolute Gasteiger partial charge is 0.486 e. The van der Waals surface area contributed by atoms with Gasteiger partial charge < -0.3 is 4.74 Å². The molecule has 0 saturated heterocycles. The van der Waals surface area contributed by atoms with E-state index in [1.54, 1.807) is 12.1 Å². The molecule has 4 heteroatoms. The Kier molecular flexibility index (Phi) is 2.10. The summed E-state index contributed by atoms with van der Waals surface area (Å²) in [5.74, 6) is -0.376. The summed E-state index contributed by atoms with van der Waals surface area (Å²) in [7, 11) is 1.48. The second-order valence-corrected chi connectivity index (χ2v) is 3.71. The number of methoxy groups -OCH3 is 1. The summed E-state index contributed by atoms with van der Waals surface area (Å²) in [4.78, 5) is 0. The van der Waals surface area contributed by atoms with Gasteiger partial charge in [0.15, 0.2) is 5.06 Å². The van der Waals surface area contributed by atoms with Crippen LogP contribution in [-0.2, 0) is 0 Å². The second kappa shape index (κ2) is 3.28. The Hall–Kier alpha value is -1.60. The summed E-state index contributed by atoms with van der Waals surface area (Å²) in [5, 5.41) is 9.69. The Morgan fingerprint density at radius 1 is 1.50 bits per heavy atom. The molecule has 14 heavy (non-hydrogen) atoms. The zero-order valence-electron chi connectivity index (χ0n) is 7.37. The molecule has 70 valence electrons. The van der Waals surface area contributed by atoms with Crippen LogP contribution in [0.25, 0.3) is 10.1 Å². The number of rotatable bonds is 1. The fourth-order valence-corrected chi connectivity index (χ4v) is 2.31. The van der Waals surface area contributed by atoms with Crippen molar-refractivity contribution in [3.05, 3.63) is 29.6 Å². The van der Waals surface area contributed by atoms with Gasteiger partial charge in [-0.2, -0.15) is 5.26 Å². The lowest BCUT2D eigenvalue weighted by Gasteiger charge is -1.93. The Labute approximate surface area is 84.2 Å². The Morgan fingerprint density at radius 2 is 2.29 bits per heavy atom. The van der Waals surface area contributed by atoms with Crippen molar-refractivity contribution < 1.29 is 9.13 Å². The number of nitriles is 1. The minimum absolute atomic E-state index is 0.283. The van der Waals surface area contributed by atoms with Gasteiger partial charge in [0.1, 0.15) is 17.4 Å². The molecule has 0 aliphatic heterocycles. The van der Waals surface area contributed by atoms with Crippen LogP contribution in [0.1, 0.15) is 5.56 Å². The van der Waals surface area contributed by atoms with E-state index >= 15 is 0 Å². The van der Waals surface area contributed by atoms with Crippen LogP contribution >= 0.6 is 11.3 Å². The third-order valence-corrected chi connectivity index (χ3v) is 3.05. The van der Waals surface area contributed by atoms with Gasteiger partial charge in [0.25, 0.3) is 0 Å². The lowest BCUT2D eigenvalue weighted by atomic mass is 10.2. The average Bonchev–Trinajstić information content (AvgIpc) is 2.56. The van der Waals surface area contributed by atoms with E-state index in [1.165, 1.54) is 24.5 Å². The van der Waals surface area contributed by atoms with Gasteiger partial charge in [0, 0.05) is 4.70 Å². The highest BCUT2D eigenvalue weighted by atomic mass is 32.1. The van der Waals surface area contributed by atoms with Gasteiger partial charge in [0.2, 0.25) is 0 Å². The highest BCUT2D eigenvalue weighted by Gasteiger charge is 2.15. The number of benzene rings is 1. The third-order valence-electron chi connectivity index (χ3n) is 1.93. The number of hydrogen-bond acceptors (Lipinski definition) is 3. The van der Waals surface area contributed by atoms with E-state index in [-0.39, 0.29) is 11.4 Å². The van der Waals surface area contributed by atoms with Crippen molar-refractivity contribution in [1.82, 2.24) is 0 Å². The first-order valence-corrected chi connectivity index (χ1v) is 4.74. The molecule has 2 rings (SSSR count). The van der Waals surface area contributed by atoms with E-state index < -0.39 is 0 Å². The number of hydrogen-bond donors (Lipinski definition) is 0. The molecule has 0 bridgehead atoms. The van der Waals surface area contributed by atoms with Crippen LogP contribution in [0, 0.1) is 17.1 Å². The molecule has 0 N–H and O–H groups in total. The van der Waals surface area contributed by atoms with Gasteiger partial charge in [-0.3, -0.25) is 0 Å². The van der Waals surface area contributed by atoms with Gasteiger partial charge >= 0.3 is 0 Å². The molecule has 0 atom stereocenters. The fraction of sp³-hybridized carbons (Fsp3) is 0.100. The Bertz CT molecular complexity index is 527. The molecule has 0 unspecified atom stereocenters. The first kappa shape index (κ1) is 8.97. The molecule has 0 radical (unpaired) electrons. The van der Waals surface area contributed by atoms with Crippen molar-refractivity contribution in [2.75, 3.05) is 7.11 Å². The lowest BCUT2D eigenvalue weighted by Crippen LogP contribution is -1.82. The van der Waals surface area contributed by atoms with Crippen molar-refractivity contribution in [3.8, 4) is 11.1 Å². The normalized spacial score (nSPS) is 10.1. The monoisotopic (exact) mass is 207 g/mol. The number of nitrogens with zero attached hydrogens (tertiary/aromatic N) is 1. The molecular formula is C10H6FNOS. The van der Waals surface area contributed by atoms with Crippen LogP contribution in [0.15, 0.2) is 18.2 Å². The van der Waals surface area contributed by atoms with E-state index in [0.717, 1.165) is 4.70 Å². The maximum Gasteiger partial charge on any atom is 0.192 e. The van der Waals surface area contributed by atoms with Crippen LogP contribution in [-0.4, -0.2) is 7.11 Å². The summed E-state index contributed by atoms with van der Waals surface area (Å²) >= 11 is 1.28. The van der Waals surface area contributed by atoms with Crippen LogP contribution in [0.5, 0.6) is 5.06 Å². The van der Waals surface area contributed by atoms with Gasteiger partial charge in [-0.15, -0.1) is 0 Å². The minimum atomic E-state index is -0.376. The standard InChI is InChI=1S/C10H6FNOS/c1-13-10-6(5-12)9-7(11)3-2-4-8(9)14-10/h2-4H,1H3. The van der Waals surface area contributed by atoms with E-state index in [9.17, 15) is 4.39 Å². The molecule has 0 fully saturated rings. The summed E-state index contributed by atoms with van der Waals surface area (Å²) < 4.78 is 19.1. The first-order valence-electron chi connectivity index (χ1n) is 3.93. The summed E-state index contributed by atoms with van der Waals surface area (Å²) in [6, 6.07) is 6.69. The predicted octanol–water partition coefficient (Wildman–Crippen LogP) is 2.92. The van der Waals surface area contributed by atoms with Crippen molar-refractivity contribution in [2.24, 2.45) is 0 Å². The van der Waals surface area contributed by atoms with Gasteiger partial charge in [-0.1, -0.05) is 17.4 Å². The molecule has 0 spiro atoms. The number of thiophene rings is 1. The number of fused-ring (bicyclic) bond motifs is 1. The summed E-state index contributed by atoms with van der Waals surface area (Å²) in [5.41, 5.74) is 0.283. The maximum absolute atomic E-state index is 13.4. The molecule has 0 aliphatic rings. The van der Waals surface area contributed by atoms with Gasteiger partial charge in [-0.25, -0.2) is 4.39 Å². The molecule has 2 aromatic rings. The molecule has 0 saturated carbocycles. The van der Waals surface area contributed by atoms with E-state index in [0.29, 0.717) is 10.4 Å². The summed E-state index contributed by atoms with van der Waals surface area (Å²) in [6.07, 6.45) is 0. The van der Waals surface area contributed by atoms with E-state index in [2.05, 4.69) is 0 Å². The first-order chi connectivity index (χ1) is 6.77. The van der Waals surface area contributed by atoms with Gasteiger partial charge in [-0.05, 0) is 12.1 Å². The molecular weight excluding hydrogens is 201 g/mol. The number of halogens is 1. The molecule has 1 aromatic carbocycles. The minimum Gasteiger partial charge on any atom is -0.486 e. The van der Waals surface area contributed by atoms with Gasteiger partial charge in [0.05, 0.1) is 12.5 Å². The third kappa shape index (κ3) is 1.14. The molecule has 1 heterocycles. The summed E-state index contributed by atoms with van der Waals surface area (Å²) in [6.45, 7) is 0. The van der Waals surface area contributed by atoms with Crippen LogP contribution in [0.2, 0.25) is 0 Å². The SMILES string of the molecule is COc1sc2cccc(F)c2c1C#N. The zero-order chi connectivity index (χ0) is 10.1. The lowest BCUT2D eigenvalue weighted by molar-refractivity contribution is 0.426. The quantitative estimate of drug-likeness (QED) is 0.720. The van der Waals surface area contributed by atoms with Crippen molar-refractivity contribution in [1.29, 1.82) is 5.26 Å². The number of ether oxygens (including phenoxy) is 1. The molecule has 1 aromatic heterocycles. The highest BCUT2D eigenvalue weighted by molar-refractivity contribution is 7.21. The predicted molar refractivity (Wildman–Crippen MR) is 53.1 cm³/mol. The van der Waals surface area contributed by atoms with Crippen molar-refractivity contribution in [2.45, 2.75) is 0 Å². The van der Waals surface area contributed by atoms with Crippen LogP contribution < -0.4 is 4.74 Å². The topological polar surface area (TPSA) is 33.0 Å². The van der Waals surface area contributed by atoms with Crippen molar-refractivity contribution in [3.63, 3.8) is 0 Å². The average molecular weight is 207 g/mol. The Morgan fingerprint density at radius 3 is 2.93 bits per heavy atom. The van der Waals surface area contributed by atoms with Crippen LogP contribution in [0.4, 0.5) is 4.39 Å². The molecule has 2 nitrogen and oxygen atoms in total. The van der Waals surface area contributed by atoms with Crippen LogP contribution in [0.3, 0.4) is 0 Å². The highest BCUT2D eigenvalue weighted by Crippen LogP contribution is 2.37. The molecule has 0 aliphatic carbocycles. The Balaban J connectivity index is 2.90.